The summed E-state index contributed by atoms with van der Waals surface area (Å²) >= 11 is 0. The van der Waals surface area contributed by atoms with E-state index in [9.17, 15) is 0 Å². The Hall–Kier alpha value is 0.0343. The summed E-state index contributed by atoms with van der Waals surface area (Å²) in [6.07, 6.45) is 0. The first-order valence-electron chi connectivity index (χ1n) is 7.97. The second-order valence-corrected chi connectivity index (χ2v) is 11.7. The minimum atomic E-state index is -1.27. The van der Waals surface area contributed by atoms with Crippen molar-refractivity contribution in [2.24, 2.45) is 0 Å². The molecule has 0 spiro atoms. The Labute approximate surface area is 139 Å². The number of hydrogen-bond acceptors (Lipinski definition) is 0. The second-order valence-electron chi connectivity index (χ2n) is 6.43. The van der Waals surface area contributed by atoms with E-state index in [0.717, 1.165) is 0 Å². The molecular formula is C18H32LiSi. The summed E-state index contributed by atoms with van der Waals surface area (Å²) in [4.78, 5) is 0. The Kier molecular flexibility index (Phi) is 8.48. The molecule has 1 rings (SSSR count). The van der Waals surface area contributed by atoms with Gasteiger partial charge < -0.3 is 0 Å². The minimum absolute atomic E-state index is 0. The van der Waals surface area contributed by atoms with Crippen molar-refractivity contribution in [1.82, 2.24) is 0 Å². The first kappa shape index (κ1) is 20.0. The van der Waals surface area contributed by atoms with Crippen LogP contribution in [0.5, 0.6) is 0 Å². The van der Waals surface area contributed by atoms with Crippen LogP contribution in [0.1, 0.15) is 71.4 Å². The van der Waals surface area contributed by atoms with Crippen molar-refractivity contribution in [1.29, 1.82) is 0 Å². The van der Waals surface area contributed by atoms with Crippen molar-refractivity contribution >= 4 is 32.1 Å². The van der Waals surface area contributed by atoms with Crippen LogP contribution in [0.2, 0.25) is 18.1 Å². The van der Waals surface area contributed by atoms with Gasteiger partial charge in [-0.25, -0.2) is 0 Å². The third-order valence-electron chi connectivity index (χ3n) is 4.80. The zero-order chi connectivity index (χ0) is 14.6. The van der Waals surface area contributed by atoms with E-state index < -0.39 is 8.07 Å². The van der Waals surface area contributed by atoms with Gasteiger partial charge in [-0.2, -0.15) is 0 Å². The summed E-state index contributed by atoms with van der Waals surface area (Å²) in [5.41, 5.74) is 2.82. The molecule has 0 nitrogen and oxygen atoms in total. The Morgan fingerprint density at radius 1 is 0.850 bits per heavy atom. The predicted octanol–water partition coefficient (Wildman–Crippen LogP) is 4.80. The second kappa shape index (κ2) is 8.47. The maximum absolute atomic E-state index is 3.65. The first-order valence-corrected chi connectivity index (χ1v) is 10.6. The molecule has 0 amide bonds. The Morgan fingerprint density at radius 3 is 1.45 bits per heavy atom. The van der Waals surface area contributed by atoms with Gasteiger partial charge in [0, 0.05) is 0 Å². The van der Waals surface area contributed by atoms with Gasteiger partial charge in [0.05, 0.1) is 8.07 Å². The van der Waals surface area contributed by atoms with Gasteiger partial charge in [-0.3, -0.25) is 0 Å². The molecule has 0 bridgehead atoms. The summed E-state index contributed by atoms with van der Waals surface area (Å²) < 4.78 is 0. The molecule has 0 aliphatic heterocycles. The van der Waals surface area contributed by atoms with Crippen LogP contribution in [0.3, 0.4) is 0 Å². The van der Waals surface area contributed by atoms with E-state index in [4.69, 9.17) is 0 Å². The standard InChI is InChI=1S/C18H31Si.Li.H/c1-8-19(9-2,10-3)18-12-16(14(4)5)11-17(13-18)15(6)7;;/h12-15H,8-10H2,1-7H3;;. The monoisotopic (exact) mass is 283 g/mol. The average Bonchev–Trinajstić information content (AvgIpc) is 2.41. The van der Waals surface area contributed by atoms with Gasteiger partial charge in [0.2, 0.25) is 0 Å². The molecule has 0 N–H and O–H groups in total. The molecule has 20 heavy (non-hydrogen) atoms. The Morgan fingerprint density at radius 2 is 1.20 bits per heavy atom. The van der Waals surface area contributed by atoms with Crippen LogP contribution in [0.25, 0.3) is 0 Å². The number of hydrogen-bond donors (Lipinski definition) is 0. The normalized spacial score (nSPS) is 11.8. The van der Waals surface area contributed by atoms with Gasteiger partial charge in [0.15, 0.2) is 0 Å². The van der Waals surface area contributed by atoms with Crippen LogP contribution in [-0.2, 0) is 0 Å². The van der Waals surface area contributed by atoms with E-state index in [1.807, 2.05) is 0 Å². The van der Waals surface area contributed by atoms with E-state index in [0.29, 0.717) is 11.8 Å². The molecule has 0 aliphatic carbocycles. The van der Waals surface area contributed by atoms with E-state index in [-0.39, 0.29) is 18.9 Å². The fraction of sp³-hybridized carbons (Fsp3) is 0.667. The molecule has 0 atom stereocenters. The van der Waals surface area contributed by atoms with Crippen molar-refractivity contribution in [2.75, 3.05) is 0 Å². The van der Waals surface area contributed by atoms with Crippen LogP contribution in [0.4, 0.5) is 0 Å². The summed E-state index contributed by atoms with van der Waals surface area (Å²) in [7, 11) is -1.27. The first-order chi connectivity index (χ1) is 8.90. The summed E-state index contributed by atoms with van der Waals surface area (Å²) in [5.74, 6) is 1.16. The molecule has 2 heteroatoms. The average molecular weight is 283 g/mol. The van der Waals surface area contributed by atoms with Gasteiger partial charge in [0.25, 0.3) is 0 Å². The van der Waals surface area contributed by atoms with E-state index in [1.54, 1.807) is 5.19 Å². The molecule has 1 aromatic rings. The molecule has 0 fully saturated rings. The predicted molar refractivity (Wildman–Crippen MR) is 97.4 cm³/mol. The number of benzene rings is 1. The molecule has 0 saturated carbocycles. The third kappa shape index (κ3) is 4.26. The fourth-order valence-corrected chi connectivity index (χ4v) is 6.55. The van der Waals surface area contributed by atoms with E-state index in [2.05, 4.69) is 66.7 Å². The molecule has 0 unspecified atom stereocenters. The van der Waals surface area contributed by atoms with Crippen LogP contribution >= 0.6 is 0 Å². The molecule has 1 aromatic carbocycles. The summed E-state index contributed by atoms with van der Waals surface area (Å²) in [6.45, 7) is 16.3. The van der Waals surface area contributed by atoms with Crippen molar-refractivity contribution < 1.29 is 0 Å². The zero-order valence-corrected chi connectivity index (χ0v) is 14.9. The fourth-order valence-electron chi connectivity index (χ4n) is 2.91. The number of rotatable bonds is 6. The Bertz CT molecular complexity index is 371. The van der Waals surface area contributed by atoms with E-state index in [1.165, 1.54) is 29.3 Å². The molecule has 0 aliphatic rings. The van der Waals surface area contributed by atoms with Crippen molar-refractivity contribution in [2.45, 2.75) is 78.4 Å². The van der Waals surface area contributed by atoms with Crippen molar-refractivity contribution in [3.63, 3.8) is 0 Å². The quantitative estimate of drug-likeness (QED) is 0.658. The van der Waals surface area contributed by atoms with Crippen molar-refractivity contribution in [3.05, 3.63) is 29.3 Å². The van der Waals surface area contributed by atoms with Crippen molar-refractivity contribution in [3.8, 4) is 0 Å². The van der Waals surface area contributed by atoms with Gasteiger partial charge in [0.1, 0.15) is 0 Å². The maximum atomic E-state index is 3.65. The van der Waals surface area contributed by atoms with Crippen LogP contribution in [-0.4, -0.2) is 26.9 Å². The molecule has 0 saturated heterocycles. The van der Waals surface area contributed by atoms with Gasteiger partial charge in [-0.05, 0) is 29.0 Å². The Balaban J connectivity index is 0.00000361. The molecular weight excluding hydrogens is 251 g/mol. The SMILES string of the molecule is CC[Si](CC)(CC)c1cc(C(C)C)[c]c(C(C)C)c1.[LiH]. The molecule has 1 radical (unpaired) electrons. The summed E-state index contributed by atoms with van der Waals surface area (Å²) in [6, 6.07) is 12.7. The van der Waals surface area contributed by atoms with Gasteiger partial charge >= 0.3 is 18.9 Å². The molecule has 109 valence electrons. The van der Waals surface area contributed by atoms with Gasteiger partial charge in [-0.15, -0.1) is 0 Å². The summed E-state index contributed by atoms with van der Waals surface area (Å²) in [5, 5.41) is 1.67. The zero-order valence-electron chi connectivity index (χ0n) is 13.9. The van der Waals surface area contributed by atoms with Crippen LogP contribution in [0.15, 0.2) is 12.1 Å². The van der Waals surface area contributed by atoms with E-state index >= 15 is 0 Å². The molecule has 0 aromatic heterocycles. The third-order valence-corrected chi connectivity index (χ3v) is 10.4. The van der Waals surface area contributed by atoms with Crippen LogP contribution < -0.4 is 5.19 Å². The van der Waals surface area contributed by atoms with Crippen LogP contribution in [0, 0.1) is 6.07 Å². The molecule has 0 heterocycles. The van der Waals surface area contributed by atoms with Gasteiger partial charge in [-0.1, -0.05) is 83.9 Å². The topological polar surface area (TPSA) is 0 Å².